The highest BCUT2D eigenvalue weighted by Gasteiger charge is 2.13. The molecule has 0 amide bonds. The first-order valence-electron chi connectivity index (χ1n) is 4.59. The number of nitrogens with two attached hydrogens (primary N) is 1. The highest BCUT2D eigenvalue weighted by molar-refractivity contribution is 5.87. The first-order chi connectivity index (χ1) is 6.65. The SMILES string of the molecule is CCOC(=O)c1ccnn1CC(C)N. The van der Waals surface area contributed by atoms with Gasteiger partial charge in [-0.15, -0.1) is 0 Å². The molecule has 1 atom stereocenters. The number of hydrogen-bond acceptors (Lipinski definition) is 4. The summed E-state index contributed by atoms with van der Waals surface area (Å²) in [6.45, 7) is 4.50. The van der Waals surface area contributed by atoms with E-state index >= 15 is 0 Å². The molecule has 78 valence electrons. The van der Waals surface area contributed by atoms with Crippen molar-refractivity contribution in [2.45, 2.75) is 26.4 Å². The Hall–Kier alpha value is -1.36. The lowest BCUT2D eigenvalue weighted by atomic mass is 10.3. The van der Waals surface area contributed by atoms with Crippen LogP contribution in [0.5, 0.6) is 0 Å². The fourth-order valence-corrected chi connectivity index (χ4v) is 1.13. The fraction of sp³-hybridized carbons (Fsp3) is 0.556. The van der Waals surface area contributed by atoms with Gasteiger partial charge in [0.05, 0.1) is 13.2 Å². The summed E-state index contributed by atoms with van der Waals surface area (Å²) >= 11 is 0. The number of carbonyl (C=O) groups is 1. The van der Waals surface area contributed by atoms with E-state index in [2.05, 4.69) is 5.10 Å². The van der Waals surface area contributed by atoms with E-state index < -0.39 is 0 Å². The predicted molar refractivity (Wildman–Crippen MR) is 51.8 cm³/mol. The third kappa shape index (κ3) is 2.56. The maximum absolute atomic E-state index is 11.4. The molecule has 0 aromatic carbocycles. The van der Waals surface area contributed by atoms with Crippen LogP contribution < -0.4 is 5.73 Å². The summed E-state index contributed by atoms with van der Waals surface area (Å²) < 4.78 is 6.43. The van der Waals surface area contributed by atoms with E-state index in [-0.39, 0.29) is 12.0 Å². The van der Waals surface area contributed by atoms with Crippen molar-refractivity contribution in [3.05, 3.63) is 18.0 Å². The number of esters is 1. The van der Waals surface area contributed by atoms with Crippen LogP contribution in [0, 0.1) is 0 Å². The van der Waals surface area contributed by atoms with E-state index in [0.29, 0.717) is 18.8 Å². The normalized spacial score (nSPS) is 12.5. The van der Waals surface area contributed by atoms with Gasteiger partial charge in [0, 0.05) is 12.2 Å². The van der Waals surface area contributed by atoms with Crippen LogP contribution in [-0.4, -0.2) is 28.4 Å². The van der Waals surface area contributed by atoms with Gasteiger partial charge in [0.2, 0.25) is 0 Å². The highest BCUT2D eigenvalue weighted by Crippen LogP contribution is 2.02. The average molecular weight is 197 g/mol. The molecular weight excluding hydrogens is 182 g/mol. The summed E-state index contributed by atoms with van der Waals surface area (Å²) in [7, 11) is 0. The molecule has 1 unspecified atom stereocenters. The average Bonchev–Trinajstić information content (AvgIpc) is 2.51. The minimum Gasteiger partial charge on any atom is -0.461 e. The molecule has 0 saturated carbocycles. The monoisotopic (exact) mass is 197 g/mol. The van der Waals surface area contributed by atoms with Crippen molar-refractivity contribution < 1.29 is 9.53 Å². The smallest absolute Gasteiger partial charge is 0.356 e. The minimum absolute atomic E-state index is 0.0388. The summed E-state index contributed by atoms with van der Waals surface area (Å²) in [6, 6.07) is 1.59. The Labute approximate surface area is 82.8 Å². The number of ether oxygens (including phenoxy) is 1. The van der Waals surface area contributed by atoms with E-state index in [1.807, 2.05) is 6.92 Å². The minimum atomic E-state index is -0.356. The summed E-state index contributed by atoms with van der Waals surface area (Å²) in [6.07, 6.45) is 1.56. The second-order valence-corrected chi connectivity index (χ2v) is 3.10. The molecule has 0 saturated heterocycles. The molecule has 1 rings (SSSR count). The van der Waals surface area contributed by atoms with E-state index in [9.17, 15) is 4.79 Å². The highest BCUT2D eigenvalue weighted by atomic mass is 16.5. The van der Waals surface area contributed by atoms with Gasteiger partial charge < -0.3 is 10.5 Å². The number of carbonyl (C=O) groups excluding carboxylic acids is 1. The van der Waals surface area contributed by atoms with Gasteiger partial charge in [-0.2, -0.15) is 5.10 Å². The van der Waals surface area contributed by atoms with E-state index in [1.54, 1.807) is 23.9 Å². The molecular formula is C9H15N3O2. The molecule has 0 aliphatic heterocycles. The Morgan fingerprint density at radius 2 is 2.50 bits per heavy atom. The summed E-state index contributed by atoms with van der Waals surface area (Å²) in [5, 5.41) is 4.00. The third-order valence-corrected chi connectivity index (χ3v) is 1.66. The Kier molecular flexibility index (Phi) is 3.64. The van der Waals surface area contributed by atoms with Gasteiger partial charge in [0.15, 0.2) is 0 Å². The topological polar surface area (TPSA) is 70.1 Å². The zero-order valence-electron chi connectivity index (χ0n) is 8.43. The van der Waals surface area contributed by atoms with Crippen molar-refractivity contribution >= 4 is 5.97 Å². The van der Waals surface area contributed by atoms with Gasteiger partial charge in [0.25, 0.3) is 0 Å². The van der Waals surface area contributed by atoms with Crippen LogP contribution in [0.2, 0.25) is 0 Å². The second-order valence-electron chi connectivity index (χ2n) is 3.10. The molecule has 0 aliphatic rings. The van der Waals surface area contributed by atoms with Gasteiger partial charge in [-0.05, 0) is 19.9 Å². The van der Waals surface area contributed by atoms with Crippen molar-refractivity contribution in [2.24, 2.45) is 5.73 Å². The molecule has 0 fully saturated rings. The first kappa shape index (κ1) is 10.7. The molecule has 5 nitrogen and oxygen atoms in total. The lowest BCUT2D eigenvalue weighted by Crippen LogP contribution is -2.25. The third-order valence-electron chi connectivity index (χ3n) is 1.66. The van der Waals surface area contributed by atoms with Crippen LogP contribution in [0.25, 0.3) is 0 Å². The molecule has 1 aromatic rings. The van der Waals surface area contributed by atoms with Gasteiger partial charge in [-0.3, -0.25) is 4.68 Å². The molecule has 1 aromatic heterocycles. The van der Waals surface area contributed by atoms with Crippen molar-refractivity contribution in [3.63, 3.8) is 0 Å². The molecule has 0 bridgehead atoms. The van der Waals surface area contributed by atoms with Gasteiger partial charge in [0.1, 0.15) is 5.69 Å². The first-order valence-corrected chi connectivity index (χ1v) is 4.59. The maximum atomic E-state index is 11.4. The molecule has 1 heterocycles. The summed E-state index contributed by atoms with van der Waals surface area (Å²) in [5.74, 6) is -0.356. The second kappa shape index (κ2) is 4.76. The van der Waals surface area contributed by atoms with Gasteiger partial charge in [-0.1, -0.05) is 0 Å². The Bertz CT molecular complexity index is 307. The van der Waals surface area contributed by atoms with E-state index in [4.69, 9.17) is 10.5 Å². The standard InChI is InChI=1S/C9H15N3O2/c1-3-14-9(13)8-4-5-11-12(8)6-7(2)10/h4-5,7H,3,6,10H2,1-2H3. The Balaban J connectivity index is 2.76. The Morgan fingerprint density at radius 1 is 1.79 bits per heavy atom. The van der Waals surface area contributed by atoms with Gasteiger partial charge in [-0.25, -0.2) is 4.79 Å². The number of nitrogens with zero attached hydrogens (tertiary/aromatic N) is 2. The molecule has 0 spiro atoms. The predicted octanol–water partition coefficient (Wildman–Crippen LogP) is 0.407. The van der Waals surface area contributed by atoms with Crippen LogP contribution in [0.4, 0.5) is 0 Å². The fourth-order valence-electron chi connectivity index (χ4n) is 1.13. The summed E-state index contributed by atoms with van der Waals surface area (Å²) in [4.78, 5) is 11.4. The quantitative estimate of drug-likeness (QED) is 0.709. The number of rotatable bonds is 4. The van der Waals surface area contributed by atoms with Crippen LogP contribution in [0.15, 0.2) is 12.3 Å². The summed E-state index contributed by atoms with van der Waals surface area (Å²) in [5.41, 5.74) is 6.06. The van der Waals surface area contributed by atoms with Crippen molar-refractivity contribution in [2.75, 3.05) is 6.61 Å². The molecule has 0 radical (unpaired) electrons. The van der Waals surface area contributed by atoms with E-state index in [0.717, 1.165) is 0 Å². The van der Waals surface area contributed by atoms with E-state index in [1.165, 1.54) is 0 Å². The largest absolute Gasteiger partial charge is 0.461 e. The lowest BCUT2D eigenvalue weighted by molar-refractivity contribution is 0.0511. The van der Waals surface area contributed by atoms with Crippen LogP contribution in [0.3, 0.4) is 0 Å². The zero-order chi connectivity index (χ0) is 10.6. The number of hydrogen-bond donors (Lipinski definition) is 1. The lowest BCUT2D eigenvalue weighted by Gasteiger charge is -2.08. The van der Waals surface area contributed by atoms with Crippen LogP contribution in [0.1, 0.15) is 24.3 Å². The van der Waals surface area contributed by atoms with Gasteiger partial charge >= 0.3 is 5.97 Å². The van der Waals surface area contributed by atoms with Crippen molar-refractivity contribution in [1.82, 2.24) is 9.78 Å². The maximum Gasteiger partial charge on any atom is 0.356 e. The molecule has 2 N–H and O–H groups in total. The molecule has 14 heavy (non-hydrogen) atoms. The van der Waals surface area contributed by atoms with Crippen molar-refractivity contribution in [3.8, 4) is 0 Å². The molecule has 0 aliphatic carbocycles. The molecule has 5 heteroatoms. The Morgan fingerprint density at radius 3 is 3.07 bits per heavy atom. The number of aromatic nitrogens is 2. The van der Waals surface area contributed by atoms with Crippen molar-refractivity contribution in [1.29, 1.82) is 0 Å². The van der Waals surface area contributed by atoms with Crippen LogP contribution in [-0.2, 0) is 11.3 Å². The van der Waals surface area contributed by atoms with Crippen LogP contribution >= 0.6 is 0 Å². The zero-order valence-corrected chi connectivity index (χ0v) is 8.43.